The van der Waals surface area contributed by atoms with Gasteiger partial charge in [-0.2, -0.15) is 0 Å². The molecule has 0 aliphatic carbocycles. The molecule has 1 rings (SSSR count). The van der Waals surface area contributed by atoms with Crippen LogP contribution < -0.4 is 16.0 Å². The number of nitrogens with one attached hydrogen (secondary N) is 1. The van der Waals surface area contributed by atoms with Gasteiger partial charge in [0, 0.05) is 6.04 Å². The summed E-state index contributed by atoms with van der Waals surface area (Å²) in [4.78, 5) is 0. The maximum Gasteiger partial charge on any atom is 0.119 e. The summed E-state index contributed by atoms with van der Waals surface area (Å²) in [5.74, 6) is 7.27. The van der Waals surface area contributed by atoms with Crippen LogP contribution in [0, 0.1) is 5.92 Å². The molecule has 0 aromatic heterocycles. The standard InChI is InChI=1S/C15H26N2O/c1-4-7-12(3)10-15(17-16)13-8-6-9-14(11-13)18-5-2/h6,8-9,11-12,15,17H,4-5,7,10,16H2,1-3H3. The molecule has 0 bridgehead atoms. The lowest BCUT2D eigenvalue weighted by Gasteiger charge is -2.21. The van der Waals surface area contributed by atoms with Gasteiger partial charge in [0.25, 0.3) is 0 Å². The molecule has 3 nitrogen and oxygen atoms in total. The van der Waals surface area contributed by atoms with Crippen molar-refractivity contribution in [3.05, 3.63) is 29.8 Å². The van der Waals surface area contributed by atoms with Crippen LogP contribution in [0.4, 0.5) is 0 Å². The van der Waals surface area contributed by atoms with Crippen LogP contribution in [-0.2, 0) is 0 Å². The molecule has 0 spiro atoms. The first-order chi connectivity index (χ1) is 8.71. The van der Waals surface area contributed by atoms with Gasteiger partial charge in [-0.3, -0.25) is 11.3 Å². The van der Waals surface area contributed by atoms with Crippen LogP contribution in [0.3, 0.4) is 0 Å². The topological polar surface area (TPSA) is 47.3 Å². The summed E-state index contributed by atoms with van der Waals surface area (Å²) in [6, 6.07) is 8.39. The molecule has 0 fully saturated rings. The molecule has 0 heterocycles. The van der Waals surface area contributed by atoms with Crippen LogP contribution in [0.25, 0.3) is 0 Å². The van der Waals surface area contributed by atoms with Crippen molar-refractivity contribution >= 4 is 0 Å². The normalized spacial score (nSPS) is 14.2. The number of hydrogen-bond donors (Lipinski definition) is 2. The Labute approximate surface area is 111 Å². The van der Waals surface area contributed by atoms with E-state index in [9.17, 15) is 0 Å². The summed E-state index contributed by atoms with van der Waals surface area (Å²) in [7, 11) is 0. The Morgan fingerprint density at radius 1 is 1.33 bits per heavy atom. The van der Waals surface area contributed by atoms with Gasteiger partial charge in [-0.05, 0) is 37.0 Å². The maximum absolute atomic E-state index is 5.68. The predicted octanol–water partition coefficient (Wildman–Crippen LogP) is 3.42. The Bertz CT molecular complexity index is 341. The quantitative estimate of drug-likeness (QED) is 0.549. The van der Waals surface area contributed by atoms with Crippen molar-refractivity contribution in [1.29, 1.82) is 0 Å². The summed E-state index contributed by atoms with van der Waals surface area (Å²) in [6.07, 6.45) is 3.51. The lowest BCUT2D eigenvalue weighted by molar-refractivity contribution is 0.338. The van der Waals surface area contributed by atoms with Crippen LogP contribution in [0.5, 0.6) is 5.75 Å². The van der Waals surface area contributed by atoms with Crippen molar-refractivity contribution in [3.63, 3.8) is 0 Å². The second-order valence-corrected chi connectivity index (χ2v) is 4.85. The molecule has 3 heteroatoms. The van der Waals surface area contributed by atoms with Crippen molar-refractivity contribution in [3.8, 4) is 5.75 Å². The molecule has 1 aromatic rings. The van der Waals surface area contributed by atoms with E-state index >= 15 is 0 Å². The zero-order valence-corrected chi connectivity index (χ0v) is 11.8. The van der Waals surface area contributed by atoms with Crippen molar-refractivity contribution in [1.82, 2.24) is 5.43 Å². The number of hydrogen-bond acceptors (Lipinski definition) is 3. The van der Waals surface area contributed by atoms with Crippen molar-refractivity contribution in [2.45, 2.75) is 46.1 Å². The van der Waals surface area contributed by atoms with Crippen molar-refractivity contribution in [2.75, 3.05) is 6.61 Å². The molecule has 0 aliphatic rings. The molecule has 0 saturated carbocycles. The molecule has 0 saturated heterocycles. The Morgan fingerprint density at radius 2 is 2.11 bits per heavy atom. The average molecular weight is 250 g/mol. The van der Waals surface area contributed by atoms with Gasteiger partial charge in [0.1, 0.15) is 5.75 Å². The third-order valence-corrected chi connectivity index (χ3v) is 3.19. The average Bonchev–Trinajstić information content (AvgIpc) is 2.37. The van der Waals surface area contributed by atoms with Gasteiger partial charge < -0.3 is 4.74 Å². The van der Waals surface area contributed by atoms with E-state index in [2.05, 4.69) is 31.4 Å². The summed E-state index contributed by atoms with van der Waals surface area (Å²) < 4.78 is 5.53. The number of benzene rings is 1. The largest absolute Gasteiger partial charge is 0.494 e. The third kappa shape index (κ3) is 4.67. The molecular weight excluding hydrogens is 224 g/mol. The molecule has 1 aromatic carbocycles. The summed E-state index contributed by atoms with van der Waals surface area (Å²) >= 11 is 0. The molecule has 0 radical (unpaired) electrons. The van der Waals surface area contributed by atoms with Gasteiger partial charge in [0.15, 0.2) is 0 Å². The fourth-order valence-corrected chi connectivity index (χ4v) is 2.30. The number of nitrogens with two attached hydrogens (primary N) is 1. The van der Waals surface area contributed by atoms with E-state index < -0.39 is 0 Å². The molecule has 102 valence electrons. The lowest BCUT2D eigenvalue weighted by Crippen LogP contribution is -2.29. The molecule has 0 aliphatic heterocycles. The van der Waals surface area contributed by atoms with E-state index in [0.717, 1.165) is 12.2 Å². The highest BCUT2D eigenvalue weighted by molar-refractivity contribution is 5.30. The zero-order valence-electron chi connectivity index (χ0n) is 11.8. The van der Waals surface area contributed by atoms with Crippen LogP contribution in [0.15, 0.2) is 24.3 Å². The molecule has 18 heavy (non-hydrogen) atoms. The van der Waals surface area contributed by atoms with Gasteiger partial charge in [0.05, 0.1) is 6.61 Å². The first-order valence-corrected chi connectivity index (χ1v) is 6.90. The van der Waals surface area contributed by atoms with Gasteiger partial charge >= 0.3 is 0 Å². The van der Waals surface area contributed by atoms with Crippen LogP contribution in [0.1, 0.15) is 51.6 Å². The molecule has 0 amide bonds. The highest BCUT2D eigenvalue weighted by Gasteiger charge is 2.14. The van der Waals surface area contributed by atoms with Crippen LogP contribution in [0.2, 0.25) is 0 Å². The third-order valence-electron chi connectivity index (χ3n) is 3.19. The Balaban J connectivity index is 2.71. The lowest BCUT2D eigenvalue weighted by atomic mass is 9.93. The van der Waals surface area contributed by atoms with E-state index in [4.69, 9.17) is 10.6 Å². The van der Waals surface area contributed by atoms with Gasteiger partial charge in [0.2, 0.25) is 0 Å². The van der Waals surface area contributed by atoms with E-state index in [1.807, 2.05) is 19.1 Å². The van der Waals surface area contributed by atoms with Crippen LogP contribution in [-0.4, -0.2) is 6.61 Å². The Hall–Kier alpha value is -1.06. The summed E-state index contributed by atoms with van der Waals surface area (Å²) in [6.45, 7) is 7.18. The molecule has 2 atom stereocenters. The van der Waals surface area contributed by atoms with E-state index in [1.165, 1.54) is 18.4 Å². The van der Waals surface area contributed by atoms with Gasteiger partial charge in [-0.15, -0.1) is 0 Å². The smallest absolute Gasteiger partial charge is 0.119 e. The van der Waals surface area contributed by atoms with E-state index in [-0.39, 0.29) is 6.04 Å². The van der Waals surface area contributed by atoms with Gasteiger partial charge in [-0.1, -0.05) is 38.8 Å². The zero-order chi connectivity index (χ0) is 13.4. The summed E-state index contributed by atoms with van der Waals surface area (Å²) in [5.41, 5.74) is 4.12. The number of rotatable bonds is 8. The minimum Gasteiger partial charge on any atom is -0.494 e. The summed E-state index contributed by atoms with van der Waals surface area (Å²) in [5, 5.41) is 0. The minimum atomic E-state index is 0.201. The van der Waals surface area contributed by atoms with E-state index in [1.54, 1.807) is 0 Å². The fraction of sp³-hybridized carbons (Fsp3) is 0.600. The van der Waals surface area contributed by atoms with Crippen LogP contribution >= 0.6 is 0 Å². The first kappa shape index (κ1) is 15.0. The van der Waals surface area contributed by atoms with E-state index in [0.29, 0.717) is 12.5 Å². The highest BCUT2D eigenvalue weighted by Crippen LogP contribution is 2.25. The maximum atomic E-state index is 5.68. The van der Waals surface area contributed by atoms with Gasteiger partial charge in [-0.25, -0.2) is 0 Å². The first-order valence-electron chi connectivity index (χ1n) is 6.90. The highest BCUT2D eigenvalue weighted by atomic mass is 16.5. The SMILES string of the molecule is CCCC(C)CC(NN)c1cccc(OCC)c1. The second kappa shape index (κ2) is 8.11. The molecule has 2 unspecified atom stereocenters. The Morgan fingerprint density at radius 3 is 2.72 bits per heavy atom. The minimum absolute atomic E-state index is 0.201. The molecule has 3 N–H and O–H groups in total. The predicted molar refractivity (Wildman–Crippen MR) is 76.4 cm³/mol. The number of ether oxygens (including phenoxy) is 1. The molecular formula is C15H26N2O. The van der Waals surface area contributed by atoms with Crippen molar-refractivity contribution < 1.29 is 4.74 Å². The van der Waals surface area contributed by atoms with Crippen molar-refractivity contribution in [2.24, 2.45) is 11.8 Å². The number of hydrazine groups is 1. The second-order valence-electron chi connectivity index (χ2n) is 4.85. The fourth-order valence-electron chi connectivity index (χ4n) is 2.30. The monoisotopic (exact) mass is 250 g/mol. The Kier molecular flexibility index (Phi) is 6.76.